The molecule has 0 unspecified atom stereocenters. The number of hydrogen-bond acceptors (Lipinski definition) is 6. The maximum absolute atomic E-state index is 12.5. The minimum absolute atomic E-state index is 0.136. The normalized spacial score (nSPS) is 14.6. The maximum atomic E-state index is 12.5. The third-order valence-electron chi connectivity index (χ3n) is 5.14. The van der Waals surface area contributed by atoms with Crippen molar-refractivity contribution in [3.63, 3.8) is 0 Å². The van der Waals surface area contributed by atoms with Crippen LogP contribution in [0.4, 0.5) is 0 Å². The molecule has 4 heterocycles. The Hall–Kier alpha value is -2.52. The van der Waals surface area contributed by atoms with Crippen LogP contribution in [0.3, 0.4) is 0 Å². The van der Waals surface area contributed by atoms with Gasteiger partial charge in [-0.3, -0.25) is 23.6 Å². The third-order valence-corrected chi connectivity index (χ3v) is 6.16. The number of thiophene rings is 1. The first-order valence-corrected chi connectivity index (χ1v) is 9.74. The lowest BCUT2D eigenvalue weighted by molar-refractivity contribution is -0.120. The van der Waals surface area contributed by atoms with Crippen LogP contribution in [-0.4, -0.2) is 42.5 Å². The van der Waals surface area contributed by atoms with Gasteiger partial charge in [-0.05, 0) is 23.4 Å². The number of carbonyl (C=O) groups is 1. The molecule has 9 heteroatoms. The van der Waals surface area contributed by atoms with Crippen molar-refractivity contribution in [1.82, 2.24) is 23.6 Å². The molecule has 0 amide bonds. The van der Waals surface area contributed by atoms with Gasteiger partial charge in [0.15, 0.2) is 11.2 Å². The van der Waals surface area contributed by atoms with Crippen molar-refractivity contribution in [2.24, 2.45) is 14.1 Å². The first-order chi connectivity index (χ1) is 13.0. The van der Waals surface area contributed by atoms with Gasteiger partial charge in [0.25, 0.3) is 5.56 Å². The highest BCUT2D eigenvalue weighted by Crippen LogP contribution is 2.23. The van der Waals surface area contributed by atoms with Gasteiger partial charge in [0.2, 0.25) is 0 Å². The van der Waals surface area contributed by atoms with E-state index in [9.17, 15) is 14.4 Å². The smallest absolute Gasteiger partial charge is 0.324 e. The van der Waals surface area contributed by atoms with Crippen LogP contribution in [-0.2, 0) is 38.4 Å². The molecule has 0 saturated heterocycles. The molecule has 0 saturated carbocycles. The first-order valence-electron chi connectivity index (χ1n) is 8.86. The molecular weight excluding hydrogens is 366 g/mol. The third kappa shape index (κ3) is 3.17. The predicted molar refractivity (Wildman–Crippen MR) is 103 cm³/mol. The Bertz CT molecular complexity index is 1140. The molecule has 3 aromatic heterocycles. The van der Waals surface area contributed by atoms with E-state index in [1.165, 1.54) is 28.4 Å². The topological polar surface area (TPSA) is 82.1 Å². The van der Waals surface area contributed by atoms with Crippen LogP contribution >= 0.6 is 11.3 Å². The lowest BCUT2D eigenvalue weighted by Gasteiger charge is -2.26. The molecule has 1 aliphatic heterocycles. The summed E-state index contributed by atoms with van der Waals surface area (Å²) in [5.74, 6) is 0.136. The van der Waals surface area contributed by atoms with E-state index in [-0.39, 0.29) is 11.3 Å². The highest BCUT2D eigenvalue weighted by Gasteiger charge is 2.20. The second-order valence-corrected chi connectivity index (χ2v) is 7.93. The molecule has 27 heavy (non-hydrogen) atoms. The number of carbonyl (C=O) groups excluding carboxylic acids is 1. The molecule has 0 aliphatic carbocycles. The fraction of sp³-hybridized carbons (Fsp3) is 0.444. The molecule has 0 fully saturated rings. The van der Waals surface area contributed by atoms with Gasteiger partial charge >= 0.3 is 5.69 Å². The highest BCUT2D eigenvalue weighted by atomic mass is 32.1. The molecule has 4 rings (SSSR count). The van der Waals surface area contributed by atoms with Gasteiger partial charge in [0.05, 0.1) is 12.9 Å². The Morgan fingerprint density at radius 3 is 2.89 bits per heavy atom. The summed E-state index contributed by atoms with van der Waals surface area (Å²) in [4.78, 5) is 44.7. The zero-order chi connectivity index (χ0) is 19.1. The lowest BCUT2D eigenvalue weighted by Crippen LogP contribution is -2.37. The predicted octanol–water partition coefficient (Wildman–Crippen LogP) is 0.513. The van der Waals surface area contributed by atoms with Crippen LogP contribution in [0.5, 0.6) is 0 Å². The van der Waals surface area contributed by atoms with Gasteiger partial charge in [0, 0.05) is 45.0 Å². The number of fused-ring (bicyclic) bond motifs is 2. The number of nitrogens with zero attached hydrogens (tertiary/aromatic N) is 5. The molecule has 142 valence electrons. The first kappa shape index (κ1) is 17.9. The molecule has 8 nitrogen and oxygen atoms in total. The molecular formula is C18H21N5O3S. The van der Waals surface area contributed by atoms with Gasteiger partial charge in [0.1, 0.15) is 5.78 Å². The largest absolute Gasteiger partial charge is 0.332 e. The van der Waals surface area contributed by atoms with Crippen molar-refractivity contribution in [2.45, 2.75) is 25.9 Å². The summed E-state index contributed by atoms with van der Waals surface area (Å²) in [6.07, 6.45) is 2.85. The average molecular weight is 387 g/mol. The molecule has 0 N–H and O–H groups in total. The van der Waals surface area contributed by atoms with E-state index in [2.05, 4.69) is 21.3 Å². The quantitative estimate of drug-likeness (QED) is 0.637. The summed E-state index contributed by atoms with van der Waals surface area (Å²) in [6, 6.07) is 2.13. The molecule has 1 aliphatic rings. The summed E-state index contributed by atoms with van der Waals surface area (Å²) in [5, 5.41) is 2.11. The number of imidazole rings is 1. The Morgan fingerprint density at radius 2 is 2.07 bits per heavy atom. The number of Topliss-reactive ketones (excluding diaryl/α,β-unsaturated/α-hetero) is 1. The van der Waals surface area contributed by atoms with E-state index < -0.39 is 5.69 Å². The number of aromatic nitrogens is 4. The van der Waals surface area contributed by atoms with E-state index in [4.69, 9.17) is 0 Å². The van der Waals surface area contributed by atoms with E-state index in [0.29, 0.717) is 30.7 Å². The number of hydrogen-bond donors (Lipinski definition) is 0. The van der Waals surface area contributed by atoms with Crippen LogP contribution in [0.15, 0.2) is 27.4 Å². The minimum Gasteiger partial charge on any atom is -0.324 e. The fourth-order valence-electron chi connectivity index (χ4n) is 3.58. The van der Waals surface area contributed by atoms with Crippen LogP contribution in [0.2, 0.25) is 0 Å². The summed E-state index contributed by atoms with van der Waals surface area (Å²) in [7, 11) is 3.03. The monoisotopic (exact) mass is 387 g/mol. The molecule has 0 radical (unpaired) electrons. The average Bonchev–Trinajstić information content (AvgIpc) is 3.29. The van der Waals surface area contributed by atoms with E-state index in [0.717, 1.165) is 24.1 Å². The Kier molecular flexibility index (Phi) is 4.56. The molecule has 0 bridgehead atoms. The lowest BCUT2D eigenvalue weighted by atomic mass is 10.1. The van der Waals surface area contributed by atoms with Gasteiger partial charge < -0.3 is 4.57 Å². The second kappa shape index (κ2) is 6.90. The number of aryl methyl sites for hydroxylation is 2. The Morgan fingerprint density at radius 1 is 1.26 bits per heavy atom. The van der Waals surface area contributed by atoms with E-state index >= 15 is 0 Å². The molecule has 0 spiro atoms. The van der Waals surface area contributed by atoms with Crippen LogP contribution in [0, 0.1) is 0 Å². The molecule has 0 atom stereocenters. The zero-order valence-corrected chi connectivity index (χ0v) is 16.2. The minimum atomic E-state index is -0.410. The Labute approximate surface area is 159 Å². The standard InChI is InChI=1S/C18H21N5O3S/c1-20-16-15(17(25)21(2)18(20)26)23(11-19-16)7-3-13(24)10-22-6-4-14-12(9-22)5-8-27-14/h5,8,11H,3-4,6-7,9-10H2,1-2H3. The van der Waals surface area contributed by atoms with Crippen LogP contribution < -0.4 is 11.2 Å². The maximum Gasteiger partial charge on any atom is 0.332 e. The summed E-state index contributed by atoms with van der Waals surface area (Å²) >= 11 is 1.78. The summed E-state index contributed by atoms with van der Waals surface area (Å²) in [6.45, 7) is 2.51. The SMILES string of the molecule is Cn1c(=O)c2c(ncn2CCC(=O)CN2CCc3sccc3C2)n(C)c1=O. The highest BCUT2D eigenvalue weighted by molar-refractivity contribution is 7.10. The van der Waals surface area contributed by atoms with Crippen molar-refractivity contribution in [2.75, 3.05) is 13.1 Å². The van der Waals surface area contributed by atoms with Crippen molar-refractivity contribution in [3.8, 4) is 0 Å². The molecule has 0 aromatic carbocycles. The van der Waals surface area contributed by atoms with Crippen molar-refractivity contribution < 1.29 is 4.79 Å². The van der Waals surface area contributed by atoms with Crippen molar-refractivity contribution >= 4 is 28.3 Å². The van der Waals surface area contributed by atoms with Gasteiger partial charge in [-0.15, -0.1) is 11.3 Å². The number of ketones is 1. The summed E-state index contributed by atoms with van der Waals surface area (Å²) in [5.41, 5.74) is 1.22. The van der Waals surface area contributed by atoms with E-state index in [1.54, 1.807) is 23.0 Å². The van der Waals surface area contributed by atoms with Gasteiger partial charge in [-0.25, -0.2) is 9.78 Å². The van der Waals surface area contributed by atoms with E-state index in [1.807, 2.05) is 0 Å². The summed E-state index contributed by atoms with van der Waals surface area (Å²) < 4.78 is 4.08. The van der Waals surface area contributed by atoms with Crippen molar-refractivity contribution in [1.29, 1.82) is 0 Å². The fourth-order valence-corrected chi connectivity index (χ4v) is 4.47. The van der Waals surface area contributed by atoms with Crippen LogP contribution in [0.1, 0.15) is 16.9 Å². The Balaban J connectivity index is 1.46. The molecule has 3 aromatic rings. The van der Waals surface area contributed by atoms with Gasteiger partial charge in [-0.2, -0.15) is 0 Å². The zero-order valence-electron chi connectivity index (χ0n) is 15.3. The number of rotatable bonds is 5. The second-order valence-electron chi connectivity index (χ2n) is 6.93. The van der Waals surface area contributed by atoms with Crippen LogP contribution in [0.25, 0.3) is 11.2 Å². The van der Waals surface area contributed by atoms with Crippen molar-refractivity contribution in [3.05, 3.63) is 49.1 Å². The van der Waals surface area contributed by atoms with Gasteiger partial charge in [-0.1, -0.05) is 0 Å².